The highest BCUT2D eigenvalue weighted by atomic mass is 32.2. The highest BCUT2D eigenvalue weighted by Gasteiger charge is 1.96. The molecule has 0 fully saturated rings. The van der Waals surface area contributed by atoms with Gasteiger partial charge in [-0.2, -0.15) is 11.8 Å². The third-order valence-electron chi connectivity index (χ3n) is 1.96. The lowest BCUT2D eigenvalue weighted by molar-refractivity contribution is 0.632. The van der Waals surface area contributed by atoms with Crippen LogP contribution in [0.4, 0.5) is 5.82 Å². The maximum absolute atomic E-state index is 5.50. The molecule has 0 spiro atoms. The van der Waals surface area contributed by atoms with E-state index in [1.807, 2.05) is 30.1 Å². The standard InChI is InChI=1S/C11H18N2S/c1-9(2)5-6-14-8-10-3-4-11(12)13-7-10/h3-4,7,9H,5-6,8H2,1-2H3,(H2,12,13). The van der Waals surface area contributed by atoms with Crippen molar-refractivity contribution in [1.29, 1.82) is 0 Å². The van der Waals surface area contributed by atoms with Crippen LogP contribution in [0.15, 0.2) is 18.3 Å². The van der Waals surface area contributed by atoms with Gasteiger partial charge in [0.25, 0.3) is 0 Å². The Hall–Kier alpha value is -0.700. The molecule has 0 aliphatic carbocycles. The van der Waals surface area contributed by atoms with Crippen LogP contribution in [0.1, 0.15) is 25.8 Å². The normalized spacial score (nSPS) is 10.8. The first-order chi connectivity index (χ1) is 6.68. The van der Waals surface area contributed by atoms with Crippen molar-refractivity contribution in [3.8, 4) is 0 Å². The Kier molecular flexibility index (Phi) is 4.80. The highest BCUT2D eigenvalue weighted by Crippen LogP contribution is 2.15. The first-order valence-corrected chi connectivity index (χ1v) is 6.12. The maximum atomic E-state index is 5.50. The molecule has 0 aromatic carbocycles. The Morgan fingerprint density at radius 1 is 1.43 bits per heavy atom. The Labute approximate surface area is 90.3 Å². The quantitative estimate of drug-likeness (QED) is 0.759. The van der Waals surface area contributed by atoms with E-state index in [0.717, 1.165) is 11.7 Å². The van der Waals surface area contributed by atoms with Gasteiger partial charge >= 0.3 is 0 Å². The summed E-state index contributed by atoms with van der Waals surface area (Å²) in [7, 11) is 0. The molecule has 1 heterocycles. The molecular formula is C11H18N2S. The van der Waals surface area contributed by atoms with Gasteiger partial charge in [0.1, 0.15) is 5.82 Å². The van der Waals surface area contributed by atoms with E-state index in [2.05, 4.69) is 18.8 Å². The van der Waals surface area contributed by atoms with E-state index in [-0.39, 0.29) is 0 Å². The van der Waals surface area contributed by atoms with Crippen LogP contribution in [0.2, 0.25) is 0 Å². The molecule has 0 aliphatic heterocycles. The summed E-state index contributed by atoms with van der Waals surface area (Å²) in [5.74, 6) is 3.66. The van der Waals surface area contributed by atoms with Gasteiger partial charge in [-0.3, -0.25) is 0 Å². The predicted molar refractivity (Wildman–Crippen MR) is 64.3 cm³/mol. The van der Waals surface area contributed by atoms with Gasteiger partial charge < -0.3 is 5.73 Å². The van der Waals surface area contributed by atoms with E-state index >= 15 is 0 Å². The molecule has 78 valence electrons. The molecule has 2 N–H and O–H groups in total. The van der Waals surface area contributed by atoms with Gasteiger partial charge in [0.15, 0.2) is 0 Å². The molecule has 1 aromatic heterocycles. The van der Waals surface area contributed by atoms with Crippen LogP contribution in [0.25, 0.3) is 0 Å². The Morgan fingerprint density at radius 2 is 2.21 bits per heavy atom. The second-order valence-electron chi connectivity index (χ2n) is 3.83. The average Bonchev–Trinajstić information content (AvgIpc) is 2.15. The van der Waals surface area contributed by atoms with E-state index in [1.54, 1.807) is 0 Å². The second kappa shape index (κ2) is 5.91. The molecule has 0 saturated carbocycles. The lowest BCUT2D eigenvalue weighted by atomic mass is 10.2. The summed E-state index contributed by atoms with van der Waals surface area (Å²) >= 11 is 1.96. The SMILES string of the molecule is CC(C)CCSCc1ccc(N)nc1. The van der Waals surface area contributed by atoms with E-state index in [1.165, 1.54) is 17.7 Å². The molecule has 1 rings (SSSR count). The van der Waals surface area contributed by atoms with Crippen molar-refractivity contribution < 1.29 is 0 Å². The van der Waals surface area contributed by atoms with Crippen LogP contribution in [0, 0.1) is 5.92 Å². The molecule has 0 aliphatic rings. The number of rotatable bonds is 5. The minimum atomic E-state index is 0.598. The molecule has 2 nitrogen and oxygen atoms in total. The molecule has 0 unspecified atom stereocenters. The van der Waals surface area contributed by atoms with Crippen molar-refractivity contribution in [3.05, 3.63) is 23.9 Å². The summed E-state index contributed by atoms with van der Waals surface area (Å²) < 4.78 is 0. The van der Waals surface area contributed by atoms with Crippen molar-refractivity contribution >= 4 is 17.6 Å². The van der Waals surface area contributed by atoms with Crippen molar-refractivity contribution in [3.63, 3.8) is 0 Å². The first kappa shape index (κ1) is 11.4. The van der Waals surface area contributed by atoms with Crippen molar-refractivity contribution in [1.82, 2.24) is 4.98 Å². The highest BCUT2D eigenvalue weighted by molar-refractivity contribution is 7.98. The van der Waals surface area contributed by atoms with E-state index in [9.17, 15) is 0 Å². The zero-order chi connectivity index (χ0) is 10.4. The third-order valence-corrected chi connectivity index (χ3v) is 3.02. The minimum absolute atomic E-state index is 0.598. The molecular weight excluding hydrogens is 192 g/mol. The monoisotopic (exact) mass is 210 g/mol. The number of anilines is 1. The van der Waals surface area contributed by atoms with Crippen LogP contribution < -0.4 is 5.73 Å². The number of nitrogens with two attached hydrogens (primary N) is 1. The summed E-state index contributed by atoms with van der Waals surface area (Å²) in [6.07, 6.45) is 3.14. The van der Waals surface area contributed by atoms with Gasteiger partial charge in [-0.05, 0) is 29.7 Å². The third kappa shape index (κ3) is 4.51. The second-order valence-corrected chi connectivity index (χ2v) is 4.93. The number of hydrogen-bond donors (Lipinski definition) is 1. The predicted octanol–water partition coefficient (Wildman–Crippen LogP) is 2.94. The molecule has 0 amide bonds. The van der Waals surface area contributed by atoms with Crippen molar-refractivity contribution in [2.75, 3.05) is 11.5 Å². The van der Waals surface area contributed by atoms with Crippen LogP contribution in [-0.2, 0) is 5.75 Å². The molecule has 3 heteroatoms. The number of hydrogen-bond acceptors (Lipinski definition) is 3. The van der Waals surface area contributed by atoms with Crippen molar-refractivity contribution in [2.24, 2.45) is 5.92 Å². The molecule has 14 heavy (non-hydrogen) atoms. The van der Waals surface area contributed by atoms with Crippen LogP contribution >= 0.6 is 11.8 Å². The Morgan fingerprint density at radius 3 is 2.79 bits per heavy atom. The number of nitrogen functional groups attached to an aromatic ring is 1. The molecule has 0 bridgehead atoms. The Balaban J connectivity index is 2.21. The van der Waals surface area contributed by atoms with Gasteiger partial charge in [-0.1, -0.05) is 19.9 Å². The Bertz CT molecular complexity index is 256. The van der Waals surface area contributed by atoms with Gasteiger partial charge in [-0.25, -0.2) is 4.98 Å². The zero-order valence-corrected chi connectivity index (χ0v) is 9.68. The summed E-state index contributed by atoms with van der Waals surface area (Å²) in [5, 5.41) is 0. The van der Waals surface area contributed by atoms with Crippen LogP contribution in [0.5, 0.6) is 0 Å². The fourth-order valence-corrected chi connectivity index (χ4v) is 2.22. The summed E-state index contributed by atoms with van der Waals surface area (Å²) in [4.78, 5) is 4.06. The number of aromatic nitrogens is 1. The summed E-state index contributed by atoms with van der Waals surface area (Å²) in [5.41, 5.74) is 6.76. The number of nitrogens with zero attached hydrogens (tertiary/aromatic N) is 1. The molecule has 0 atom stereocenters. The summed E-state index contributed by atoms with van der Waals surface area (Å²) in [6.45, 7) is 4.51. The average molecular weight is 210 g/mol. The van der Waals surface area contributed by atoms with Gasteiger partial charge in [0.05, 0.1) is 0 Å². The minimum Gasteiger partial charge on any atom is -0.384 e. The fourth-order valence-electron chi connectivity index (χ4n) is 1.03. The smallest absolute Gasteiger partial charge is 0.123 e. The van der Waals surface area contributed by atoms with Crippen LogP contribution in [0.3, 0.4) is 0 Å². The number of thioether (sulfide) groups is 1. The van der Waals surface area contributed by atoms with Gasteiger partial charge in [-0.15, -0.1) is 0 Å². The first-order valence-electron chi connectivity index (χ1n) is 4.96. The van der Waals surface area contributed by atoms with E-state index in [0.29, 0.717) is 5.82 Å². The van der Waals surface area contributed by atoms with E-state index < -0.39 is 0 Å². The molecule has 0 saturated heterocycles. The van der Waals surface area contributed by atoms with Crippen molar-refractivity contribution in [2.45, 2.75) is 26.0 Å². The van der Waals surface area contributed by atoms with Crippen LogP contribution in [-0.4, -0.2) is 10.7 Å². The number of pyridine rings is 1. The topological polar surface area (TPSA) is 38.9 Å². The lowest BCUT2D eigenvalue weighted by Gasteiger charge is -2.04. The van der Waals surface area contributed by atoms with Gasteiger partial charge in [0.2, 0.25) is 0 Å². The maximum Gasteiger partial charge on any atom is 0.123 e. The fraction of sp³-hybridized carbons (Fsp3) is 0.545. The molecule has 1 aromatic rings. The lowest BCUT2D eigenvalue weighted by Crippen LogP contribution is -1.92. The molecule has 0 radical (unpaired) electrons. The van der Waals surface area contributed by atoms with Gasteiger partial charge in [0, 0.05) is 11.9 Å². The van der Waals surface area contributed by atoms with E-state index in [4.69, 9.17) is 5.73 Å². The largest absolute Gasteiger partial charge is 0.384 e. The summed E-state index contributed by atoms with van der Waals surface area (Å²) in [6, 6.07) is 3.91. The zero-order valence-electron chi connectivity index (χ0n) is 8.86.